The molecule has 102 valence electrons. The lowest BCUT2D eigenvalue weighted by atomic mass is 10.3. The van der Waals surface area contributed by atoms with Crippen molar-refractivity contribution in [2.75, 3.05) is 17.3 Å². The molecule has 1 rings (SSSR count). The van der Waals surface area contributed by atoms with E-state index in [0.717, 1.165) is 6.26 Å². The minimum Gasteiger partial charge on any atom is -0.381 e. The number of sulfone groups is 1. The van der Waals surface area contributed by atoms with Crippen LogP contribution >= 0.6 is 11.8 Å². The summed E-state index contributed by atoms with van der Waals surface area (Å²) < 4.78 is 47.0. The molecule has 0 saturated carbocycles. The number of thioether (sulfide) groups is 1. The fourth-order valence-electron chi connectivity index (χ4n) is 1.55. The summed E-state index contributed by atoms with van der Waals surface area (Å²) in [5.41, 5.74) is 0.527. The van der Waals surface area contributed by atoms with E-state index in [-0.39, 0.29) is 11.8 Å². The Kier molecular flexibility index (Phi) is 5.40. The van der Waals surface area contributed by atoms with Crippen LogP contribution in [-0.2, 0) is 9.84 Å². The second-order valence-electron chi connectivity index (χ2n) is 4.01. The molecule has 18 heavy (non-hydrogen) atoms. The van der Waals surface area contributed by atoms with Gasteiger partial charge in [0.2, 0.25) is 0 Å². The van der Waals surface area contributed by atoms with E-state index >= 15 is 0 Å². The van der Waals surface area contributed by atoms with Crippen LogP contribution in [0.25, 0.3) is 0 Å². The first kappa shape index (κ1) is 15.2. The quantitative estimate of drug-likeness (QED) is 0.820. The van der Waals surface area contributed by atoms with Gasteiger partial charge in [-0.3, -0.25) is 0 Å². The lowest BCUT2D eigenvalue weighted by molar-refractivity contribution is 0.252. The Balaban J connectivity index is 2.77. The molecule has 1 atom stereocenters. The van der Waals surface area contributed by atoms with Crippen LogP contribution in [0.3, 0.4) is 0 Å². The molecular formula is C11H15F2NO2S2. The number of alkyl halides is 2. The smallest absolute Gasteiger partial charge is 0.288 e. The highest BCUT2D eigenvalue weighted by Gasteiger charge is 2.14. The van der Waals surface area contributed by atoms with E-state index in [0.29, 0.717) is 22.3 Å². The van der Waals surface area contributed by atoms with E-state index in [1.54, 1.807) is 31.2 Å². The van der Waals surface area contributed by atoms with E-state index in [4.69, 9.17) is 0 Å². The van der Waals surface area contributed by atoms with Crippen molar-refractivity contribution in [3.05, 3.63) is 24.3 Å². The van der Waals surface area contributed by atoms with Crippen molar-refractivity contribution in [1.29, 1.82) is 0 Å². The van der Waals surface area contributed by atoms with Gasteiger partial charge in [-0.2, -0.15) is 8.78 Å². The number of para-hydroxylation sites is 1. The number of rotatable bonds is 6. The van der Waals surface area contributed by atoms with Gasteiger partial charge in [-0.15, -0.1) is 0 Å². The Labute approximate surface area is 110 Å². The van der Waals surface area contributed by atoms with Crippen LogP contribution in [-0.4, -0.2) is 32.2 Å². The summed E-state index contributed by atoms with van der Waals surface area (Å²) in [7, 11) is -3.10. The molecule has 0 radical (unpaired) electrons. The summed E-state index contributed by atoms with van der Waals surface area (Å²) >= 11 is 0.440. The summed E-state index contributed by atoms with van der Waals surface area (Å²) in [6.45, 7) is 1.70. The zero-order valence-electron chi connectivity index (χ0n) is 10.1. The molecule has 7 heteroatoms. The molecule has 1 N–H and O–H groups in total. The predicted molar refractivity (Wildman–Crippen MR) is 71.1 cm³/mol. The summed E-state index contributed by atoms with van der Waals surface area (Å²) in [5, 5.41) is 2.94. The van der Waals surface area contributed by atoms with Gasteiger partial charge in [-0.05, 0) is 19.1 Å². The van der Waals surface area contributed by atoms with Crippen molar-refractivity contribution in [2.45, 2.75) is 23.6 Å². The molecular weight excluding hydrogens is 280 g/mol. The Morgan fingerprint density at radius 2 is 1.94 bits per heavy atom. The molecule has 0 aliphatic rings. The lowest BCUT2D eigenvalue weighted by Crippen LogP contribution is -2.25. The molecule has 0 saturated heterocycles. The van der Waals surface area contributed by atoms with Gasteiger partial charge in [0.15, 0.2) is 0 Å². The lowest BCUT2D eigenvalue weighted by Gasteiger charge is -2.16. The number of benzene rings is 1. The summed E-state index contributed by atoms with van der Waals surface area (Å²) in [4.78, 5) is 0.410. The van der Waals surface area contributed by atoms with Crippen molar-refractivity contribution in [1.82, 2.24) is 0 Å². The van der Waals surface area contributed by atoms with Gasteiger partial charge in [0.05, 0.1) is 5.75 Å². The average Bonchev–Trinajstić information content (AvgIpc) is 2.17. The molecule has 0 bridgehead atoms. The van der Waals surface area contributed by atoms with E-state index in [1.807, 2.05) is 0 Å². The fourth-order valence-corrected chi connectivity index (χ4v) is 3.14. The van der Waals surface area contributed by atoms with Gasteiger partial charge in [0.25, 0.3) is 5.76 Å². The number of hydrogen-bond acceptors (Lipinski definition) is 4. The van der Waals surface area contributed by atoms with Gasteiger partial charge in [0.1, 0.15) is 9.84 Å². The van der Waals surface area contributed by atoms with Gasteiger partial charge in [-0.25, -0.2) is 8.42 Å². The first-order valence-corrected chi connectivity index (χ1v) is 8.20. The Morgan fingerprint density at radius 3 is 2.50 bits per heavy atom. The van der Waals surface area contributed by atoms with E-state index in [2.05, 4.69) is 5.32 Å². The maximum Gasteiger partial charge on any atom is 0.288 e. The second-order valence-corrected chi connectivity index (χ2v) is 7.23. The average molecular weight is 295 g/mol. The summed E-state index contributed by atoms with van der Waals surface area (Å²) in [6, 6.07) is 6.28. The van der Waals surface area contributed by atoms with Crippen molar-refractivity contribution in [3.63, 3.8) is 0 Å². The first-order valence-electron chi connectivity index (χ1n) is 5.26. The standard InChI is InChI=1S/C11H15F2NO2S2/c1-8(7-18(2,15)16)14-9-5-3-4-6-10(9)17-11(12)13/h3-6,8,11,14H,7H2,1-2H3. The Morgan fingerprint density at radius 1 is 1.33 bits per heavy atom. The van der Waals surface area contributed by atoms with Crippen molar-refractivity contribution in [2.24, 2.45) is 0 Å². The molecule has 0 aliphatic heterocycles. The maximum atomic E-state index is 12.3. The van der Waals surface area contributed by atoms with Crippen LogP contribution in [0.4, 0.5) is 14.5 Å². The molecule has 3 nitrogen and oxygen atoms in total. The van der Waals surface area contributed by atoms with E-state index < -0.39 is 15.6 Å². The number of anilines is 1. The molecule has 0 heterocycles. The minimum atomic E-state index is -3.10. The van der Waals surface area contributed by atoms with E-state index in [1.165, 1.54) is 0 Å². The van der Waals surface area contributed by atoms with E-state index in [9.17, 15) is 17.2 Å². The van der Waals surface area contributed by atoms with Crippen molar-refractivity contribution in [3.8, 4) is 0 Å². The monoisotopic (exact) mass is 295 g/mol. The SMILES string of the molecule is CC(CS(C)(=O)=O)Nc1ccccc1SC(F)F. The van der Waals surface area contributed by atoms with Crippen LogP contribution in [0.2, 0.25) is 0 Å². The van der Waals surface area contributed by atoms with Crippen LogP contribution < -0.4 is 5.32 Å². The third-order valence-corrected chi connectivity index (χ3v) is 3.95. The molecule has 0 fully saturated rings. The normalized spacial score (nSPS) is 13.6. The van der Waals surface area contributed by atoms with Crippen molar-refractivity contribution >= 4 is 27.3 Å². The van der Waals surface area contributed by atoms with Gasteiger partial charge >= 0.3 is 0 Å². The molecule has 1 aromatic rings. The first-order chi connectivity index (χ1) is 8.28. The highest BCUT2D eigenvalue weighted by Crippen LogP contribution is 2.31. The molecule has 1 unspecified atom stereocenters. The zero-order chi connectivity index (χ0) is 13.8. The third-order valence-electron chi connectivity index (χ3n) is 2.06. The number of halogens is 2. The van der Waals surface area contributed by atoms with Crippen LogP contribution in [0, 0.1) is 0 Å². The highest BCUT2D eigenvalue weighted by atomic mass is 32.2. The topological polar surface area (TPSA) is 46.2 Å². The van der Waals surface area contributed by atoms with Crippen LogP contribution in [0.15, 0.2) is 29.2 Å². The minimum absolute atomic E-state index is 0.0410. The summed E-state index contributed by atoms with van der Waals surface area (Å²) in [6.07, 6.45) is 1.14. The third kappa shape index (κ3) is 5.68. The maximum absolute atomic E-state index is 12.3. The zero-order valence-corrected chi connectivity index (χ0v) is 11.7. The van der Waals surface area contributed by atoms with Crippen molar-refractivity contribution < 1.29 is 17.2 Å². The van der Waals surface area contributed by atoms with Gasteiger partial charge in [0, 0.05) is 22.9 Å². The van der Waals surface area contributed by atoms with Crippen LogP contribution in [0.5, 0.6) is 0 Å². The van der Waals surface area contributed by atoms with Gasteiger partial charge < -0.3 is 5.32 Å². The number of hydrogen-bond donors (Lipinski definition) is 1. The molecule has 0 spiro atoms. The second kappa shape index (κ2) is 6.38. The molecule has 0 aliphatic carbocycles. The Bertz CT molecular complexity index is 492. The summed E-state index contributed by atoms with van der Waals surface area (Å²) in [5.74, 6) is -2.54. The highest BCUT2D eigenvalue weighted by molar-refractivity contribution is 7.99. The Hall–Kier alpha value is -0.820. The fraction of sp³-hybridized carbons (Fsp3) is 0.455. The largest absolute Gasteiger partial charge is 0.381 e. The van der Waals surface area contributed by atoms with Crippen LogP contribution in [0.1, 0.15) is 6.92 Å². The van der Waals surface area contributed by atoms with Gasteiger partial charge in [-0.1, -0.05) is 23.9 Å². The number of nitrogens with one attached hydrogen (secondary N) is 1. The molecule has 0 aromatic heterocycles. The molecule has 0 amide bonds. The predicted octanol–water partition coefficient (Wildman–Crippen LogP) is 2.85. The molecule has 1 aromatic carbocycles.